The molecule has 0 saturated carbocycles. The van der Waals surface area contributed by atoms with Crippen LogP contribution in [-0.2, 0) is 11.3 Å². The highest BCUT2D eigenvalue weighted by atomic mass is 35.5. The minimum absolute atomic E-state index is 0.133. The van der Waals surface area contributed by atoms with E-state index in [-0.39, 0.29) is 18.4 Å². The van der Waals surface area contributed by atoms with E-state index in [1.807, 2.05) is 21.0 Å². The number of aryl methyl sites for hydroxylation is 1. The fourth-order valence-corrected chi connectivity index (χ4v) is 2.63. The van der Waals surface area contributed by atoms with Crippen molar-refractivity contribution in [3.05, 3.63) is 63.1 Å². The van der Waals surface area contributed by atoms with Crippen molar-refractivity contribution in [1.29, 1.82) is 0 Å². The first-order valence-corrected chi connectivity index (χ1v) is 8.79. The lowest BCUT2D eigenvalue weighted by Gasteiger charge is -2.13. The zero-order valence-corrected chi connectivity index (χ0v) is 16.4. The molecule has 2 amide bonds. The van der Waals surface area contributed by atoms with Crippen LogP contribution in [0.25, 0.3) is 0 Å². The van der Waals surface area contributed by atoms with Crippen molar-refractivity contribution < 1.29 is 9.59 Å². The number of carbonyl (C=O) groups is 2. The number of nitrogens with one attached hydrogen (secondary N) is 2. The fourth-order valence-electron chi connectivity index (χ4n) is 2.31. The highest BCUT2D eigenvalue weighted by Gasteiger charge is 2.11. The molecule has 2 aromatic carbocycles. The minimum Gasteiger partial charge on any atom is -0.348 e. The normalized spacial score (nSPS) is 10.7. The molecule has 138 valence electrons. The first kappa shape index (κ1) is 20.2. The summed E-state index contributed by atoms with van der Waals surface area (Å²) in [7, 11) is 3.64. The molecule has 0 aliphatic carbocycles. The third kappa shape index (κ3) is 5.73. The standard InChI is InChI=1S/C19H21Cl2N3O2/c1-12-4-6-14(9-17(12)23-18(25)11-24(2)3)19(26)22-10-13-5-7-15(20)16(21)8-13/h4-9H,10-11H2,1-3H3,(H,22,26)(H,23,25). The Bertz CT molecular complexity index is 822. The zero-order chi connectivity index (χ0) is 19.3. The van der Waals surface area contributed by atoms with E-state index in [0.717, 1.165) is 11.1 Å². The molecule has 0 heterocycles. The topological polar surface area (TPSA) is 61.4 Å². The fraction of sp³-hybridized carbons (Fsp3) is 0.263. The Labute approximate surface area is 163 Å². The van der Waals surface area contributed by atoms with Crippen LogP contribution in [0.2, 0.25) is 10.0 Å². The third-order valence-electron chi connectivity index (χ3n) is 3.67. The van der Waals surface area contributed by atoms with E-state index < -0.39 is 0 Å². The molecule has 0 unspecified atom stereocenters. The van der Waals surface area contributed by atoms with Crippen molar-refractivity contribution in [3.8, 4) is 0 Å². The van der Waals surface area contributed by atoms with Gasteiger partial charge in [-0.25, -0.2) is 0 Å². The second-order valence-corrected chi connectivity index (χ2v) is 7.06. The van der Waals surface area contributed by atoms with Crippen LogP contribution in [0.5, 0.6) is 0 Å². The predicted octanol–water partition coefficient (Wildman–Crippen LogP) is 3.73. The number of likely N-dealkylation sites (N-methyl/N-ethyl adjacent to an activating group) is 1. The monoisotopic (exact) mass is 393 g/mol. The molecule has 0 aromatic heterocycles. The molecule has 5 nitrogen and oxygen atoms in total. The minimum atomic E-state index is -0.237. The summed E-state index contributed by atoms with van der Waals surface area (Å²) in [5.74, 6) is -0.370. The van der Waals surface area contributed by atoms with E-state index in [2.05, 4.69) is 10.6 Å². The van der Waals surface area contributed by atoms with Crippen molar-refractivity contribution >= 4 is 40.7 Å². The maximum absolute atomic E-state index is 12.4. The van der Waals surface area contributed by atoms with Gasteiger partial charge in [-0.3, -0.25) is 9.59 Å². The van der Waals surface area contributed by atoms with Gasteiger partial charge in [-0.2, -0.15) is 0 Å². The highest BCUT2D eigenvalue weighted by molar-refractivity contribution is 6.42. The quantitative estimate of drug-likeness (QED) is 0.785. The largest absolute Gasteiger partial charge is 0.348 e. The van der Waals surface area contributed by atoms with Gasteiger partial charge in [-0.15, -0.1) is 0 Å². The van der Waals surface area contributed by atoms with E-state index >= 15 is 0 Å². The van der Waals surface area contributed by atoms with Crippen LogP contribution >= 0.6 is 23.2 Å². The molecule has 0 fully saturated rings. The Kier molecular flexibility index (Phi) is 7.03. The Morgan fingerprint density at radius 3 is 2.42 bits per heavy atom. The summed E-state index contributed by atoms with van der Waals surface area (Å²) < 4.78 is 0. The smallest absolute Gasteiger partial charge is 0.251 e. The van der Waals surface area contributed by atoms with Crippen LogP contribution in [-0.4, -0.2) is 37.4 Å². The zero-order valence-electron chi connectivity index (χ0n) is 14.9. The summed E-state index contributed by atoms with van der Waals surface area (Å²) in [6.45, 7) is 2.47. The van der Waals surface area contributed by atoms with E-state index in [9.17, 15) is 9.59 Å². The van der Waals surface area contributed by atoms with Crippen LogP contribution in [0.4, 0.5) is 5.69 Å². The van der Waals surface area contributed by atoms with Crippen LogP contribution in [0.15, 0.2) is 36.4 Å². The number of hydrogen-bond acceptors (Lipinski definition) is 3. The summed E-state index contributed by atoms with van der Waals surface area (Å²) in [6, 6.07) is 10.4. The Hall–Kier alpha value is -2.08. The van der Waals surface area contributed by atoms with Gasteiger partial charge in [0.25, 0.3) is 5.91 Å². The maximum atomic E-state index is 12.4. The van der Waals surface area contributed by atoms with Crippen LogP contribution in [0.1, 0.15) is 21.5 Å². The Morgan fingerprint density at radius 1 is 1.04 bits per heavy atom. The highest BCUT2D eigenvalue weighted by Crippen LogP contribution is 2.22. The first-order valence-electron chi connectivity index (χ1n) is 8.03. The van der Waals surface area contributed by atoms with Gasteiger partial charge in [0.2, 0.25) is 5.91 Å². The van der Waals surface area contributed by atoms with Crippen LogP contribution in [0.3, 0.4) is 0 Å². The van der Waals surface area contributed by atoms with Crippen molar-refractivity contribution in [2.24, 2.45) is 0 Å². The molecule has 0 spiro atoms. The number of halogens is 2. The second kappa shape index (κ2) is 9.03. The number of benzene rings is 2. The number of rotatable bonds is 6. The van der Waals surface area contributed by atoms with Crippen molar-refractivity contribution in [2.45, 2.75) is 13.5 Å². The molecule has 2 rings (SSSR count). The average molecular weight is 394 g/mol. The van der Waals surface area contributed by atoms with Gasteiger partial charge in [0, 0.05) is 17.8 Å². The predicted molar refractivity (Wildman–Crippen MR) is 106 cm³/mol. The summed E-state index contributed by atoms with van der Waals surface area (Å²) in [5, 5.41) is 6.58. The molecule has 2 N–H and O–H groups in total. The molecule has 0 atom stereocenters. The molecule has 0 bridgehead atoms. The number of nitrogens with zero attached hydrogens (tertiary/aromatic N) is 1. The summed E-state index contributed by atoms with van der Waals surface area (Å²) in [4.78, 5) is 26.1. The van der Waals surface area contributed by atoms with Gasteiger partial charge in [0.05, 0.1) is 16.6 Å². The summed E-state index contributed by atoms with van der Waals surface area (Å²) >= 11 is 11.9. The lowest BCUT2D eigenvalue weighted by atomic mass is 10.1. The Balaban J connectivity index is 2.05. The lowest BCUT2D eigenvalue weighted by Crippen LogP contribution is -2.27. The molecule has 7 heteroatoms. The Morgan fingerprint density at radius 2 is 1.77 bits per heavy atom. The van der Waals surface area contributed by atoms with Gasteiger partial charge < -0.3 is 15.5 Å². The molecule has 0 aliphatic rings. The van der Waals surface area contributed by atoms with Crippen LogP contribution in [0, 0.1) is 6.92 Å². The van der Waals surface area contributed by atoms with Crippen molar-refractivity contribution in [1.82, 2.24) is 10.2 Å². The van der Waals surface area contributed by atoms with Crippen molar-refractivity contribution in [2.75, 3.05) is 26.0 Å². The van der Waals surface area contributed by atoms with Crippen LogP contribution < -0.4 is 10.6 Å². The molecule has 26 heavy (non-hydrogen) atoms. The maximum Gasteiger partial charge on any atom is 0.251 e. The average Bonchev–Trinajstić information content (AvgIpc) is 2.57. The number of amides is 2. The summed E-state index contributed by atoms with van der Waals surface area (Å²) in [5.41, 5.74) is 2.83. The van der Waals surface area contributed by atoms with Gasteiger partial charge in [0.15, 0.2) is 0 Å². The van der Waals surface area contributed by atoms with Gasteiger partial charge in [-0.1, -0.05) is 35.3 Å². The molecule has 0 aliphatic heterocycles. The van der Waals surface area contributed by atoms with E-state index in [1.54, 1.807) is 41.3 Å². The SMILES string of the molecule is Cc1ccc(C(=O)NCc2ccc(Cl)c(Cl)c2)cc1NC(=O)CN(C)C. The summed E-state index contributed by atoms with van der Waals surface area (Å²) in [6.07, 6.45) is 0. The number of anilines is 1. The van der Waals surface area contributed by atoms with E-state index in [1.165, 1.54) is 0 Å². The first-order chi connectivity index (χ1) is 12.3. The number of hydrogen-bond donors (Lipinski definition) is 2. The second-order valence-electron chi connectivity index (χ2n) is 6.25. The third-order valence-corrected chi connectivity index (χ3v) is 4.41. The molecule has 0 saturated heterocycles. The molecule has 0 radical (unpaired) electrons. The lowest BCUT2D eigenvalue weighted by molar-refractivity contribution is -0.116. The molecular weight excluding hydrogens is 373 g/mol. The van der Waals surface area contributed by atoms with E-state index in [4.69, 9.17) is 23.2 Å². The number of carbonyl (C=O) groups excluding carboxylic acids is 2. The van der Waals surface area contributed by atoms with Gasteiger partial charge in [-0.05, 0) is 56.4 Å². The van der Waals surface area contributed by atoms with Gasteiger partial charge >= 0.3 is 0 Å². The van der Waals surface area contributed by atoms with Gasteiger partial charge in [0.1, 0.15) is 0 Å². The molecule has 2 aromatic rings. The van der Waals surface area contributed by atoms with E-state index in [0.29, 0.717) is 27.8 Å². The van der Waals surface area contributed by atoms with Crippen molar-refractivity contribution in [3.63, 3.8) is 0 Å². The molecular formula is C19H21Cl2N3O2.